The topological polar surface area (TPSA) is 25.8 Å². The lowest BCUT2D eigenvalue weighted by Gasteiger charge is -2.02. The van der Waals surface area contributed by atoms with Gasteiger partial charge < -0.3 is 0 Å². The summed E-state index contributed by atoms with van der Waals surface area (Å²) >= 11 is 7.69. The number of nitrogens with zero attached hydrogens (tertiary/aromatic N) is 2. The summed E-state index contributed by atoms with van der Waals surface area (Å²) in [6, 6.07) is 3.67. The lowest BCUT2D eigenvalue weighted by Crippen LogP contribution is -1.91. The first-order valence-corrected chi connectivity index (χ1v) is 6.54. The largest absolute Gasteiger partial charge is 0.252 e. The summed E-state index contributed by atoms with van der Waals surface area (Å²) in [5.41, 5.74) is 1.91. The molecule has 2 aromatic heterocycles. The highest BCUT2D eigenvalue weighted by molar-refractivity contribution is 7.13. The van der Waals surface area contributed by atoms with Gasteiger partial charge >= 0.3 is 0 Å². The van der Waals surface area contributed by atoms with E-state index < -0.39 is 0 Å². The van der Waals surface area contributed by atoms with Gasteiger partial charge in [-0.15, -0.1) is 11.3 Å². The van der Waals surface area contributed by atoms with E-state index in [1.54, 1.807) is 17.5 Å². The molecule has 0 aliphatic heterocycles. The Morgan fingerprint density at radius 1 is 1.50 bits per heavy atom. The predicted molar refractivity (Wildman–Crippen MR) is 69.1 cm³/mol. The molecule has 0 saturated heterocycles. The summed E-state index contributed by atoms with van der Waals surface area (Å²) < 4.78 is 0. The summed E-state index contributed by atoms with van der Waals surface area (Å²) in [4.78, 5) is 8.85. The molecule has 2 rings (SSSR count). The molecule has 0 radical (unpaired) electrons. The van der Waals surface area contributed by atoms with Gasteiger partial charge in [-0.25, -0.2) is 4.98 Å². The molecule has 0 spiro atoms. The second-order valence-electron chi connectivity index (χ2n) is 3.72. The number of aromatic nitrogens is 2. The molecule has 0 aliphatic rings. The Bertz CT molecular complexity index is 481. The molecule has 0 saturated carbocycles. The van der Waals surface area contributed by atoms with Crippen molar-refractivity contribution >= 4 is 22.9 Å². The third kappa shape index (κ3) is 2.25. The SMILES string of the molecule is CCC(C)c1csc(-c2ncccc2Cl)n1. The minimum atomic E-state index is 0.493. The quantitative estimate of drug-likeness (QED) is 0.811. The van der Waals surface area contributed by atoms with Gasteiger partial charge in [0.1, 0.15) is 10.7 Å². The van der Waals surface area contributed by atoms with E-state index in [2.05, 4.69) is 29.2 Å². The van der Waals surface area contributed by atoms with E-state index in [4.69, 9.17) is 11.6 Å². The van der Waals surface area contributed by atoms with Gasteiger partial charge in [-0.1, -0.05) is 25.4 Å². The summed E-state index contributed by atoms with van der Waals surface area (Å²) in [5.74, 6) is 0.493. The summed E-state index contributed by atoms with van der Waals surface area (Å²) in [6.07, 6.45) is 2.84. The standard InChI is InChI=1S/C12H13ClN2S/c1-3-8(2)10-7-16-12(15-10)11-9(13)5-4-6-14-11/h4-8H,3H2,1-2H3. The Morgan fingerprint density at radius 2 is 2.31 bits per heavy atom. The molecule has 1 unspecified atom stereocenters. The molecule has 0 amide bonds. The van der Waals surface area contributed by atoms with Crippen LogP contribution in [0.4, 0.5) is 0 Å². The number of hydrogen-bond acceptors (Lipinski definition) is 3. The van der Waals surface area contributed by atoms with Crippen molar-refractivity contribution in [2.45, 2.75) is 26.2 Å². The third-order valence-electron chi connectivity index (χ3n) is 2.60. The first kappa shape index (κ1) is 11.6. The van der Waals surface area contributed by atoms with Crippen molar-refractivity contribution in [3.63, 3.8) is 0 Å². The number of halogens is 1. The smallest absolute Gasteiger partial charge is 0.143 e. The van der Waals surface area contributed by atoms with Crippen molar-refractivity contribution in [2.75, 3.05) is 0 Å². The highest BCUT2D eigenvalue weighted by atomic mass is 35.5. The maximum Gasteiger partial charge on any atom is 0.143 e. The van der Waals surface area contributed by atoms with Crippen LogP contribution in [0.25, 0.3) is 10.7 Å². The lowest BCUT2D eigenvalue weighted by atomic mass is 10.1. The van der Waals surface area contributed by atoms with Crippen molar-refractivity contribution in [2.24, 2.45) is 0 Å². The predicted octanol–water partition coefficient (Wildman–Crippen LogP) is 4.37. The van der Waals surface area contributed by atoms with Crippen LogP contribution in [0.3, 0.4) is 0 Å². The first-order chi connectivity index (χ1) is 7.72. The van der Waals surface area contributed by atoms with E-state index in [-0.39, 0.29) is 0 Å². The first-order valence-electron chi connectivity index (χ1n) is 5.28. The Labute approximate surface area is 104 Å². The molecular formula is C12H13ClN2S. The molecule has 16 heavy (non-hydrogen) atoms. The Kier molecular flexibility index (Phi) is 3.56. The van der Waals surface area contributed by atoms with Crippen molar-refractivity contribution in [1.82, 2.24) is 9.97 Å². The number of hydrogen-bond donors (Lipinski definition) is 0. The van der Waals surface area contributed by atoms with Gasteiger partial charge in [-0.3, -0.25) is 4.98 Å². The van der Waals surface area contributed by atoms with Crippen LogP contribution in [0.5, 0.6) is 0 Å². The van der Waals surface area contributed by atoms with Gasteiger partial charge in [0, 0.05) is 11.6 Å². The summed E-state index contributed by atoms with van der Waals surface area (Å²) in [7, 11) is 0. The van der Waals surface area contributed by atoms with Crippen LogP contribution in [0, 0.1) is 0 Å². The molecule has 0 N–H and O–H groups in total. The van der Waals surface area contributed by atoms with Gasteiger partial charge in [0.05, 0.1) is 10.7 Å². The molecule has 2 nitrogen and oxygen atoms in total. The number of rotatable bonds is 3. The molecule has 84 valence electrons. The van der Waals surface area contributed by atoms with E-state index in [0.29, 0.717) is 10.9 Å². The molecule has 0 aliphatic carbocycles. The summed E-state index contributed by atoms with van der Waals surface area (Å²) in [5, 5.41) is 3.66. The van der Waals surface area contributed by atoms with Crippen molar-refractivity contribution in [1.29, 1.82) is 0 Å². The number of thiazole rings is 1. The Hall–Kier alpha value is -0.930. The zero-order chi connectivity index (χ0) is 11.5. The van der Waals surface area contributed by atoms with Crippen LogP contribution >= 0.6 is 22.9 Å². The van der Waals surface area contributed by atoms with Gasteiger partial charge in [0.25, 0.3) is 0 Å². The van der Waals surface area contributed by atoms with Crippen LogP contribution < -0.4 is 0 Å². The minimum Gasteiger partial charge on any atom is -0.252 e. The number of pyridine rings is 1. The van der Waals surface area contributed by atoms with Gasteiger partial charge in [0.15, 0.2) is 0 Å². The maximum absolute atomic E-state index is 6.09. The van der Waals surface area contributed by atoms with Crippen molar-refractivity contribution in [3.05, 3.63) is 34.4 Å². The van der Waals surface area contributed by atoms with Gasteiger partial charge in [-0.05, 0) is 24.5 Å². The van der Waals surface area contributed by atoms with Gasteiger partial charge in [0.2, 0.25) is 0 Å². The zero-order valence-electron chi connectivity index (χ0n) is 9.27. The molecule has 2 heterocycles. The Balaban J connectivity index is 2.35. The fourth-order valence-corrected chi connectivity index (χ4v) is 2.59. The van der Waals surface area contributed by atoms with E-state index in [0.717, 1.165) is 22.8 Å². The zero-order valence-corrected chi connectivity index (χ0v) is 10.8. The van der Waals surface area contributed by atoms with E-state index in [1.807, 2.05) is 12.1 Å². The van der Waals surface area contributed by atoms with E-state index in [9.17, 15) is 0 Å². The maximum atomic E-state index is 6.09. The van der Waals surface area contributed by atoms with E-state index >= 15 is 0 Å². The monoisotopic (exact) mass is 252 g/mol. The lowest BCUT2D eigenvalue weighted by molar-refractivity contribution is 0.714. The molecular weight excluding hydrogens is 240 g/mol. The molecule has 1 atom stereocenters. The van der Waals surface area contributed by atoms with Gasteiger partial charge in [-0.2, -0.15) is 0 Å². The van der Waals surface area contributed by atoms with E-state index in [1.165, 1.54) is 0 Å². The molecule has 2 aromatic rings. The minimum absolute atomic E-state index is 0.493. The average Bonchev–Trinajstić information content (AvgIpc) is 2.78. The highest BCUT2D eigenvalue weighted by Crippen LogP contribution is 2.30. The molecule has 4 heteroatoms. The highest BCUT2D eigenvalue weighted by Gasteiger charge is 2.12. The van der Waals surface area contributed by atoms with Crippen LogP contribution in [-0.2, 0) is 0 Å². The summed E-state index contributed by atoms with van der Waals surface area (Å²) in [6.45, 7) is 4.34. The third-order valence-corrected chi connectivity index (χ3v) is 3.77. The average molecular weight is 253 g/mol. The fourth-order valence-electron chi connectivity index (χ4n) is 1.37. The Morgan fingerprint density at radius 3 is 3.00 bits per heavy atom. The molecule has 0 fully saturated rings. The van der Waals surface area contributed by atoms with Crippen molar-refractivity contribution < 1.29 is 0 Å². The van der Waals surface area contributed by atoms with Crippen molar-refractivity contribution in [3.8, 4) is 10.7 Å². The second kappa shape index (κ2) is 4.93. The van der Waals surface area contributed by atoms with Crippen LogP contribution in [0.2, 0.25) is 5.02 Å². The fraction of sp³-hybridized carbons (Fsp3) is 0.333. The van der Waals surface area contributed by atoms with Crippen LogP contribution in [0.1, 0.15) is 31.9 Å². The normalized spacial score (nSPS) is 12.7. The molecule has 0 bridgehead atoms. The molecule has 0 aromatic carbocycles. The second-order valence-corrected chi connectivity index (χ2v) is 4.99. The van der Waals surface area contributed by atoms with Crippen LogP contribution in [0.15, 0.2) is 23.7 Å². The van der Waals surface area contributed by atoms with Crippen LogP contribution in [-0.4, -0.2) is 9.97 Å².